The number of halogens is 2. The summed E-state index contributed by atoms with van der Waals surface area (Å²) in [5, 5.41) is 2.51. The zero-order valence-electron chi connectivity index (χ0n) is 15.5. The molecular weight excluding hydrogens is 375 g/mol. The number of hydrogen-bond acceptors (Lipinski definition) is 4. The van der Waals surface area contributed by atoms with Crippen LogP contribution in [0.4, 0.5) is 4.39 Å². The molecule has 1 aliphatic rings. The summed E-state index contributed by atoms with van der Waals surface area (Å²) < 4.78 is 13.2. The lowest BCUT2D eigenvalue weighted by Gasteiger charge is -2.34. The fourth-order valence-electron chi connectivity index (χ4n) is 2.64. The SMILES string of the molecule is CC(C)[C@H](N)C(=O)NCC(=O)N1CCN(Cc2cccc(F)c2)C(=O)C1.Cl. The first kappa shape index (κ1) is 22.9. The molecule has 7 nitrogen and oxygen atoms in total. The normalized spacial score (nSPS) is 15.4. The third kappa shape index (κ3) is 6.48. The Morgan fingerprint density at radius 2 is 2.00 bits per heavy atom. The van der Waals surface area contributed by atoms with E-state index in [1.54, 1.807) is 17.0 Å². The molecule has 0 bridgehead atoms. The molecule has 1 atom stereocenters. The topological polar surface area (TPSA) is 95.7 Å². The molecule has 0 saturated carbocycles. The number of rotatable bonds is 6. The van der Waals surface area contributed by atoms with Gasteiger partial charge in [-0.2, -0.15) is 0 Å². The smallest absolute Gasteiger partial charge is 0.242 e. The van der Waals surface area contributed by atoms with Crippen LogP contribution in [0, 0.1) is 11.7 Å². The van der Waals surface area contributed by atoms with Crippen molar-refractivity contribution >= 4 is 30.1 Å². The van der Waals surface area contributed by atoms with E-state index in [-0.39, 0.29) is 55.0 Å². The minimum Gasteiger partial charge on any atom is -0.346 e. The summed E-state index contributed by atoms with van der Waals surface area (Å²) in [6.45, 7) is 4.44. The molecule has 0 unspecified atom stereocenters. The highest BCUT2D eigenvalue weighted by molar-refractivity contribution is 5.90. The molecule has 27 heavy (non-hydrogen) atoms. The van der Waals surface area contributed by atoms with Crippen molar-refractivity contribution in [3.05, 3.63) is 35.6 Å². The van der Waals surface area contributed by atoms with Gasteiger partial charge in [0.1, 0.15) is 5.82 Å². The lowest BCUT2D eigenvalue weighted by atomic mass is 10.1. The fraction of sp³-hybridized carbons (Fsp3) is 0.500. The van der Waals surface area contributed by atoms with Crippen molar-refractivity contribution in [2.24, 2.45) is 11.7 Å². The van der Waals surface area contributed by atoms with Crippen molar-refractivity contribution in [3.63, 3.8) is 0 Å². The molecular formula is C18H26ClFN4O3. The van der Waals surface area contributed by atoms with Crippen molar-refractivity contribution in [3.8, 4) is 0 Å². The highest BCUT2D eigenvalue weighted by atomic mass is 35.5. The van der Waals surface area contributed by atoms with Crippen molar-refractivity contribution in [1.29, 1.82) is 0 Å². The number of hydrogen-bond donors (Lipinski definition) is 2. The minimum atomic E-state index is -0.674. The number of nitrogens with zero attached hydrogens (tertiary/aromatic N) is 2. The Kier molecular flexibility index (Phi) is 8.65. The fourth-order valence-corrected chi connectivity index (χ4v) is 2.64. The molecule has 150 valence electrons. The van der Waals surface area contributed by atoms with Crippen LogP contribution in [0.15, 0.2) is 24.3 Å². The molecule has 3 amide bonds. The van der Waals surface area contributed by atoms with Gasteiger partial charge in [0.2, 0.25) is 17.7 Å². The molecule has 1 heterocycles. The molecule has 0 radical (unpaired) electrons. The Labute approximate surface area is 164 Å². The van der Waals surface area contributed by atoms with Crippen LogP contribution in [-0.4, -0.2) is 59.7 Å². The van der Waals surface area contributed by atoms with Gasteiger partial charge in [0.05, 0.1) is 19.1 Å². The van der Waals surface area contributed by atoms with E-state index >= 15 is 0 Å². The molecule has 1 saturated heterocycles. The van der Waals surface area contributed by atoms with Gasteiger partial charge in [-0.3, -0.25) is 14.4 Å². The second-order valence-corrected chi connectivity index (χ2v) is 6.75. The summed E-state index contributed by atoms with van der Waals surface area (Å²) in [7, 11) is 0. The van der Waals surface area contributed by atoms with Crippen molar-refractivity contribution in [2.75, 3.05) is 26.2 Å². The average Bonchev–Trinajstić information content (AvgIpc) is 2.60. The van der Waals surface area contributed by atoms with Crippen molar-refractivity contribution in [2.45, 2.75) is 26.4 Å². The zero-order chi connectivity index (χ0) is 19.3. The van der Waals surface area contributed by atoms with Gasteiger partial charge >= 0.3 is 0 Å². The Hall–Kier alpha value is -2.19. The molecule has 9 heteroatoms. The van der Waals surface area contributed by atoms with E-state index in [1.807, 2.05) is 13.8 Å². The standard InChI is InChI=1S/C18H25FN4O3.ClH/c1-12(2)17(20)18(26)21-9-15(24)23-7-6-22(16(25)11-23)10-13-4-3-5-14(19)8-13;/h3-5,8,12,17H,6-7,9-11,20H2,1-2H3,(H,21,26);1H/t17-;/m0./s1. The van der Waals surface area contributed by atoms with E-state index in [0.717, 1.165) is 0 Å². The first-order valence-corrected chi connectivity index (χ1v) is 8.61. The monoisotopic (exact) mass is 400 g/mol. The number of nitrogens with one attached hydrogen (secondary N) is 1. The first-order chi connectivity index (χ1) is 12.3. The van der Waals surface area contributed by atoms with E-state index < -0.39 is 6.04 Å². The molecule has 1 aliphatic heterocycles. The van der Waals surface area contributed by atoms with Crippen LogP contribution in [0.5, 0.6) is 0 Å². The van der Waals surface area contributed by atoms with Crippen LogP contribution in [0.25, 0.3) is 0 Å². The molecule has 1 aromatic rings. The number of amides is 3. The van der Waals surface area contributed by atoms with Gasteiger partial charge in [-0.1, -0.05) is 26.0 Å². The third-order valence-electron chi connectivity index (χ3n) is 4.37. The minimum absolute atomic E-state index is 0. The third-order valence-corrected chi connectivity index (χ3v) is 4.37. The van der Waals surface area contributed by atoms with E-state index in [1.165, 1.54) is 17.0 Å². The molecule has 0 aromatic heterocycles. The highest BCUT2D eigenvalue weighted by Crippen LogP contribution is 2.11. The van der Waals surface area contributed by atoms with E-state index in [2.05, 4.69) is 5.32 Å². The van der Waals surface area contributed by atoms with Gasteiger partial charge in [0, 0.05) is 19.6 Å². The van der Waals surface area contributed by atoms with Crippen LogP contribution < -0.4 is 11.1 Å². The van der Waals surface area contributed by atoms with Crippen LogP contribution >= 0.6 is 12.4 Å². The number of piperazine rings is 1. The van der Waals surface area contributed by atoms with Gasteiger partial charge in [0.25, 0.3) is 0 Å². The van der Waals surface area contributed by atoms with Gasteiger partial charge in [-0.25, -0.2) is 4.39 Å². The molecule has 0 spiro atoms. The van der Waals surface area contributed by atoms with Crippen molar-refractivity contribution in [1.82, 2.24) is 15.1 Å². The predicted molar refractivity (Wildman–Crippen MR) is 101 cm³/mol. The Morgan fingerprint density at radius 3 is 2.59 bits per heavy atom. The van der Waals surface area contributed by atoms with Gasteiger partial charge in [0.15, 0.2) is 0 Å². The first-order valence-electron chi connectivity index (χ1n) is 8.61. The summed E-state index contributed by atoms with van der Waals surface area (Å²) >= 11 is 0. The quantitative estimate of drug-likeness (QED) is 0.727. The molecule has 3 N–H and O–H groups in total. The van der Waals surface area contributed by atoms with Gasteiger partial charge < -0.3 is 20.9 Å². The summed E-state index contributed by atoms with van der Waals surface area (Å²) in [4.78, 5) is 39.3. The van der Waals surface area contributed by atoms with E-state index in [0.29, 0.717) is 25.2 Å². The summed E-state index contributed by atoms with van der Waals surface area (Å²) in [5.74, 6) is -1.30. The summed E-state index contributed by atoms with van der Waals surface area (Å²) in [6, 6.07) is 5.41. The maximum Gasteiger partial charge on any atom is 0.242 e. The Balaban J connectivity index is 0.00000364. The summed E-state index contributed by atoms with van der Waals surface area (Å²) in [5.41, 5.74) is 6.43. The average molecular weight is 401 g/mol. The largest absolute Gasteiger partial charge is 0.346 e. The Bertz CT molecular complexity index is 686. The summed E-state index contributed by atoms with van der Waals surface area (Å²) in [6.07, 6.45) is 0. The van der Waals surface area contributed by atoms with Crippen LogP contribution in [0.3, 0.4) is 0 Å². The lowest BCUT2D eigenvalue weighted by molar-refractivity contribution is -0.145. The van der Waals surface area contributed by atoms with E-state index in [4.69, 9.17) is 5.73 Å². The number of nitrogens with two attached hydrogens (primary N) is 1. The zero-order valence-corrected chi connectivity index (χ0v) is 16.3. The van der Waals surface area contributed by atoms with Gasteiger partial charge in [-0.15, -0.1) is 12.4 Å². The van der Waals surface area contributed by atoms with Gasteiger partial charge in [-0.05, 0) is 23.6 Å². The van der Waals surface area contributed by atoms with Crippen LogP contribution in [-0.2, 0) is 20.9 Å². The molecule has 1 fully saturated rings. The highest BCUT2D eigenvalue weighted by Gasteiger charge is 2.27. The molecule has 0 aliphatic carbocycles. The Morgan fingerprint density at radius 1 is 1.30 bits per heavy atom. The lowest BCUT2D eigenvalue weighted by Crippen LogP contribution is -2.54. The molecule has 2 rings (SSSR count). The number of carbonyl (C=O) groups excluding carboxylic acids is 3. The second-order valence-electron chi connectivity index (χ2n) is 6.75. The number of carbonyl (C=O) groups is 3. The van der Waals surface area contributed by atoms with Crippen molar-refractivity contribution < 1.29 is 18.8 Å². The predicted octanol–water partition coefficient (Wildman–Crippen LogP) is 0.518. The maximum atomic E-state index is 13.2. The van der Waals surface area contributed by atoms with E-state index in [9.17, 15) is 18.8 Å². The maximum absolute atomic E-state index is 13.2. The number of benzene rings is 1. The van der Waals surface area contributed by atoms with Crippen LogP contribution in [0.2, 0.25) is 0 Å². The van der Waals surface area contributed by atoms with Crippen LogP contribution in [0.1, 0.15) is 19.4 Å². The second kappa shape index (κ2) is 10.2. The molecule has 1 aromatic carbocycles.